The third kappa shape index (κ3) is 5.01. The second kappa shape index (κ2) is 8.21. The molecule has 1 heterocycles. The van der Waals surface area contributed by atoms with Crippen LogP contribution in [0.25, 0.3) is 0 Å². The fourth-order valence-corrected chi connectivity index (χ4v) is 2.90. The van der Waals surface area contributed by atoms with Crippen molar-refractivity contribution in [1.29, 1.82) is 0 Å². The van der Waals surface area contributed by atoms with Gasteiger partial charge in [-0.1, -0.05) is 13.8 Å². The minimum atomic E-state index is -0.448. The van der Waals surface area contributed by atoms with Crippen molar-refractivity contribution in [2.45, 2.75) is 26.9 Å². The number of aryl methyl sites for hydroxylation is 1. The Morgan fingerprint density at radius 3 is 2.88 bits per heavy atom. The smallest absolute Gasteiger partial charge is 0.272 e. The van der Waals surface area contributed by atoms with E-state index in [0.717, 1.165) is 19.6 Å². The molecule has 0 spiro atoms. The number of carbonyl (C=O) groups excluding carboxylic acids is 1. The number of carbonyl (C=O) groups is 1. The van der Waals surface area contributed by atoms with Gasteiger partial charge in [-0.2, -0.15) is 0 Å². The van der Waals surface area contributed by atoms with Crippen molar-refractivity contribution in [3.63, 3.8) is 0 Å². The molecule has 7 heteroatoms. The molecule has 2 rings (SSSR count). The molecule has 1 N–H and O–H groups in total. The molecule has 24 heavy (non-hydrogen) atoms. The molecule has 0 saturated carbocycles. The summed E-state index contributed by atoms with van der Waals surface area (Å²) < 4.78 is 5.70. The number of nitrogens with one attached hydrogen (secondary N) is 1. The van der Waals surface area contributed by atoms with Crippen molar-refractivity contribution in [2.24, 2.45) is 5.92 Å². The molecule has 1 aliphatic rings. The van der Waals surface area contributed by atoms with Crippen LogP contribution in [0.5, 0.6) is 0 Å². The van der Waals surface area contributed by atoms with Gasteiger partial charge < -0.3 is 10.1 Å². The summed E-state index contributed by atoms with van der Waals surface area (Å²) in [5.41, 5.74) is 0.920. The normalized spacial score (nSPS) is 18.6. The highest BCUT2D eigenvalue weighted by molar-refractivity contribution is 5.94. The SMILES string of the molecule is Cc1cc(C(=O)NC[C@H]2CN(CC(C)C)CCO2)ccc1[N+](=O)[O-]. The monoisotopic (exact) mass is 335 g/mol. The Morgan fingerprint density at radius 2 is 2.25 bits per heavy atom. The van der Waals surface area contributed by atoms with E-state index in [4.69, 9.17) is 4.74 Å². The van der Waals surface area contributed by atoms with Gasteiger partial charge in [0.25, 0.3) is 11.6 Å². The number of amides is 1. The highest BCUT2D eigenvalue weighted by Crippen LogP contribution is 2.18. The number of nitro groups is 1. The van der Waals surface area contributed by atoms with Crippen LogP contribution in [-0.2, 0) is 4.74 Å². The summed E-state index contributed by atoms with van der Waals surface area (Å²) in [6, 6.07) is 4.39. The maximum atomic E-state index is 12.2. The summed E-state index contributed by atoms with van der Waals surface area (Å²) in [4.78, 5) is 25.0. The quantitative estimate of drug-likeness (QED) is 0.635. The summed E-state index contributed by atoms with van der Waals surface area (Å²) in [6.45, 7) is 9.85. The van der Waals surface area contributed by atoms with Crippen LogP contribution in [0.3, 0.4) is 0 Å². The number of benzene rings is 1. The van der Waals surface area contributed by atoms with Crippen molar-refractivity contribution < 1.29 is 14.5 Å². The lowest BCUT2D eigenvalue weighted by Crippen LogP contribution is -2.48. The summed E-state index contributed by atoms with van der Waals surface area (Å²) in [7, 11) is 0. The van der Waals surface area contributed by atoms with Gasteiger partial charge in [0.2, 0.25) is 0 Å². The largest absolute Gasteiger partial charge is 0.374 e. The number of ether oxygens (including phenoxy) is 1. The van der Waals surface area contributed by atoms with Gasteiger partial charge in [-0.15, -0.1) is 0 Å². The second-order valence-corrected chi connectivity index (χ2v) is 6.61. The van der Waals surface area contributed by atoms with E-state index in [-0.39, 0.29) is 17.7 Å². The topological polar surface area (TPSA) is 84.7 Å². The van der Waals surface area contributed by atoms with Crippen LogP contribution in [0.15, 0.2) is 18.2 Å². The van der Waals surface area contributed by atoms with E-state index in [1.807, 2.05) is 0 Å². The predicted molar refractivity (Wildman–Crippen MR) is 91.2 cm³/mol. The van der Waals surface area contributed by atoms with E-state index < -0.39 is 4.92 Å². The molecule has 1 amide bonds. The Morgan fingerprint density at radius 1 is 1.50 bits per heavy atom. The summed E-state index contributed by atoms with van der Waals surface area (Å²) >= 11 is 0. The van der Waals surface area contributed by atoms with Crippen LogP contribution in [0.1, 0.15) is 29.8 Å². The van der Waals surface area contributed by atoms with Crippen LogP contribution in [0, 0.1) is 23.0 Å². The summed E-state index contributed by atoms with van der Waals surface area (Å²) in [6.07, 6.45) is -0.0272. The van der Waals surface area contributed by atoms with Gasteiger partial charge in [-0.3, -0.25) is 19.8 Å². The minimum absolute atomic E-state index is 0.0199. The minimum Gasteiger partial charge on any atom is -0.374 e. The number of hydrogen-bond donors (Lipinski definition) is 1. The zero-order valence-electron chi connectivity index (χ0n) is 14.4. The van der Waals surface area contributed by atoms with Gasteiger partial charge >= 0.3 is 0 Å². The average Bonchev–Trinajstić information content (AvgIpc) is 2.51. The molecule has 1 aromatic rings. The maximum Gasteiger partial charge on any atom is 0.272 e. The highest BCUT2D eigenvalue weighted by atomic mass is 16.6. The zero-order valence-corrected chi connectivity index (χ0v) is 14.4. The second-order valence-electron chi connectivity index (χ2n) is 6.61. The van der Waals surface area contributed by atoms with Crippen molar-refractivity contribution >= 4 is 11.6 Å². The first kappa shape index (κ1) is 18.4. The highest BCUT2D eigenvalue weighted by Gasteiger charge is 2.22. The van der Waals surface area contributed by atoms with E-state index in [1.165, 1.54) is 12.1 Å². The lowest BCUT2D eigenvalue weighted by atomic mass is 10.1. The third-order valence-electron chi connectivity index (χ3n) is 3.99. The van der Waals surface area contributed by atoms with Crippen LogP contribution in [0.4, 0.5) is 5.69 Å². The molecule has 7 nitrogen and oxygen atoms in total. The lowest BCUT2D eigenvalue weighted by molar-refractivity contribution is -0.385. The average molecular weight is 335 g/mol. The molecule has 0 unspecified atom stereocenters. The maximum absolute atomic E-state index is 12.2. The molecule has 1 fully saturated rings. The van der Waals surface area contributed by atoms with E-state index in [1.54, 1.807) is 13.0 Å². The third-order valence-corrected chi connectivity index (χ3v) is 3.99. The zero-order chi connectivity index (χ0) is 17.7. The van der Waals surface area contributed by atoms with Crippen molar-refractivity contribution in [1.82, 2.24) is 10.2 Å². The Bertz CT molecular complexity index is 603. The standard InChI is InChI=1S/C17H25N3O4/c1-12(2)10-19-6-7-24-15(11-19)9-18-17(21)14-4-5-16(20(22)23)13(3)8-14/h4-5,8,12,15H,6-7,9-11H2,1-3H3,(H,18,21)/t15-/m0/s1. The predicted octanol–water partition coefficient (Wildman–Crippen LogP) is 1.99. The van der Waals surface area contributed by atoms with E-state index in [2.05, 4.69) is 24.1 Å². The summed E-state index contributed by atoms with van der Waals surface area (Å²) in [5, 5.41) is 13.7. The van der Waals surface area contributed by atoms with Crippen molar-refractivity contribution in [3.8, 4) is 0 Å². The Kier molecular flexibility index (Phi) is 6.28. The van der Waals surface area contributed by atoms with Crippen molar-refractivity contribution in [2.75, 3.05) is 32.8 Å². The molecule has 0 aromatic heterocycles. The molecule has 0 bridgehead atoms. The van der Waals surface area contributed by atoms with Gasteiger partial charge in [0.1, 0.15) is 0 Å². The van der Waals surface area contributed by atoms with Gasteiger partial charge in [0, 0.05) is 43.4 Å². The van der Waals surface area contributed by atoms with E-state index in [0.29, 0.717) is 30.2 Å². The van der Waals surface area contributed by atoms with Crippen LogP contribution >= 0.6 is 0 Å². The Hall–Kier alpha value is -1.99. The first-order valence-electron chi connectivity index (χ1n) is 8.24. The fraction of sp³-hybridized carbons (Fsp3) is 0.588. The molecule has 132 valence electrons. The molecule has 1 aliphatic heterocycles. The Labute approximate surface area is 142 Å². The first-order valence-corrected chi connectivity index (χ1v) is 8.24. The molecule has 1 saturated heterocycles. The van der Waals surface area contributed by atoms with Gasteiger partial charge in [-0.25, -0.2) is 0 Å². The van der Waals surface area contributed by atoms with Gasteiger partial charge in [-0.05, 0) is 25.0 Å². The number of nitrogens with zero attached hydrogens (tertiary/aromatic N) is 2. The van der Waals surface area contributed by atoms with Gasteiger partial charge in [0.15, 0.2) is 0 Å². The molecule has 1 aromatic carbocycles. The number of rotatable bonds is 6. The molecule has 1 atom stereocenters. The molecular weight excluding hydrogens is 310 g/mol. The first-order chi connectivity index (χ1) is 11.4. The fourth-order valence-electron chi connectivity index (χ4n) is 2.90. The molecule has 0 aliphatic carbocycles. The number of morpholine rings is 1. The molecular formula is C17H25N3O4. The number of hydrogen-bond acceptors (Lipinski definition) is 5. The van der Waals surface area contributed by atoms with Gasteiger partial charge in [0.05, 0.1) is 17.6 Å². The van der Waals surface area contributed by atoms with Crippen LogP contribution in [-0.4, -0.2) is 54.6 Å². The van der Waals surface area contributed by atoms with Crippen molar-refractivity contribution in [3.05, 3.63) is 39.4 Å². The van der Waals surface area contributed by atoms with Crippen LogP contribution < -0.4 is 5.32 Å². The van der Waals surface area contributed by atoms with E-state index in [9.17, 15) is 14.9 Å². The van der Waals surface area contributed by atoms with E-state index >= 15 is 0 Å². The Balaban J connectivity index is 1.88. The summed E-state index contributed by atoms with van der Waals surface area (Å²) in [5.74, 6) is 0.360. The van der Waals surface area contributed by atoms with Crippen LogP contribution in [0.2, 0.25) is 0 Å². The molecule has 0 radical (unpaired) electrons. The lowest BCUT2D eigenvalue weighted by Gasteiger charge is -2.33. The number of nitro benzene ring substituents is 1.